The predicted octanol–water partition coefficient (Wildman–Crippen LogP) is 6.30. The summed E-state index contributed by atoms with van der Waals surface area (Å²) in [4.78, 5) is 17.2. The zero-order valence-corrected chi connectivity index (χ0v) is 17.1. The van der Waals surface area contributed by atoms with Gasteiger partial charge in [-0.15, -0.1) is 11.3 Å². The molecule has 152 valence electrons. The van der Waals surface area contributed by atoms with Crippen LogP contribution in [0.25, 0.3) is 32.8 Å². The van der Waals surface area contributed by atoms with Gasteiger partial charge in [-0.05, 0) is 35.9 Å². The van der Waals surface area contributed by atoms with Gasteiger partial charge in [0.15, 0.2) is 0 Å². The number of halogens is 1. The molecule has 0 aliphatic heterocycles. The van der Waals surface area contributed by atoms with Crippen molar-refractivity contribution >= 4 is 22.3 Å². The molecule has 0 saturated heterocycles. The van der Waals surface area contributed by atoms with Crippen molar-refractivity contribution in [3.8, 4) is 27.6 Å². The van der Waals surface area contributed by atoms with Gasteiger partial charge < -0.3 is 9.15 Å². The summed E-state index contributed by atoms with van der Waals surface area (Å²) in [7, 11) is 0. The van der Waals surface area contributed by atoms with Crippen LogP contribution in [0.4, 0.5) is 4.39 Å². The number of thiazole rings is 1. The van der Waals surface area contributed by atoms with Crippen LogP contribution in [0.2, 0.25) is 0 Å². The van der Waals surface area contributed by atoms with Gasteiger partial charge in [0, 0.05) is 22.4 Å². The van der Waals surface area contributed by atoms with Crippen LogP contribution in [-0.4, -0.2) is 4.98 Å². The molecule has 4 nitrogen and oxygen atoms in total. The van der Waals surface area contributed by atoms with E-state index in [-0.39, 0.29) is 12.4 Å². The fourth-order valence-electron chi connectivity index (χ4n) is 3.26. The summed E-state index contributed by atoms with van der Waals surface area (Å²) in [5, 5.41) is 3.31. The average Bonchev–Trinajstić information content (AvgIpc) is 3.28. The van der Waals surface area contributed by atoms with Gasteiger partial charge in [0.1, 0.15) is 28.8 Å². The number of hydrogen-bond acceptors (Lipinski definition) is 5. The summed E-state index contributed by atoms with van der Waals surface area (Å²) < 4.78 is 24.6. The maximum Gasteiger partial charge on any atom is 0.346 e. The van der Waals surface area contributed by atoms with Crippen LogP contribution < -0.4 is 10.4 Å². The van der Waals surface area contributed by atoms with Crippen molar-refractivity contribution in [1.82, 2.24) is 4.98 Å². The minimum absolute atomic E-state index is 0.215. The lowest BCUT2D eigenvalue weighted by molar-refractivity contribution is 0.305. The maximum absolute atomic E-state index is 13.3. The van der Waals surface area contributed by atoms with Gasteiger partial charge in [-0.25, -0.2) is 14.2 Å². The molecule has 2 heterocycles. The SMILES string of the molecule is O=c1oc2cc(OCc3cccc(F)c3)ccc2cc1-c1nc(-c2ccccc2)cs1. The summed E-state index contributed by atoms with van der Waals surface area (Å²) >= 11 is 1.40. The van der Waals surface area contributed by atoms with Crippen molar-refractivity contribution in [2.75, 3.05) is 0 Å². The Labute approximate surface area is 181 Å². The van der Waals surface area contributed by atoms with Crippen molar-refractivity contribution in [2.24, 2.45) is 0 Å². The molecule has 0 fully saturated rings. The first-order chi connectivity index (χ1) is 15.2. The van der Waals surface area contributed by atoms with Crippen LogP contribution >= 0.6 is 11.3 Å². The summed E-state index contributed by atoms with van der Waals surface area (Å²) in [6, 6.07) is 23.1. The Morgan fingerprint density at radius 1 is 0.968 bits per heavy atom. The number of nitrogens with zero attached hydrogens (tertiary/aromatic N) is 1. The van der Waals surface area contributed by atoms with Gasteiger partial charge in [-0.2, -0.15) is 0 Å². The van der Waals surface area contributed by atoms with E-state index in [1.54, 1.807) is 30.3 Å². The molecular weight excluding hydrogens is 413 g/mol. The third-order valence-corrected chi connectivity index (χ3v) is 5.68. The molecule has 31 heavy (non-hydrogen) atoms. The second-order valence-electron chi connectivity index (χ2n) is 6.97. The first kappa shape index (κ1) is 19.2. The number of benzene rings is 3. The van der Waals surface area contributed by atoms with E-state index in [9.17, 15) is 9.18 Å². The third-order valence-electron chi connectivity index (χ3n) is 4.81. The van der Waals surface area contributed by atoms with Crippen molar-refractivity contribution in [1.29, 1.82) is 0 Å². The lowest BCUT2D eigenvalue weighted by Gasteiger charge is -2.07. The van der Waals surface area contributed by atoms with E-state index < -0.39 is 5.63 Å². The highest BCUT2D eigenvalue weighted by Crippen LogP contribution is 2.29. The molecule has 3 aromatic carbocycles. The topological polar surface area (TPSA) is 52.3 Å². The van der Waals surface area contributed by atoms with Gasteiger partial charge in [-0.1, -0.05) is 42.5 Å². The lowest BCUT2D eigenvalue weighted by Crippen LogP contribution is -2.03. The van der Waals surface area contributed by atoms with E-state index in [1.165, 1.54) is 23.5 Å². The Bertz CT molecular complexity index is 1430. The first-order valence-corrected chi connectivity index (χ1v) is 10.5. The first-order valence-electron chi connectivity index (χ1n) is 9.62. The van der Waals surface area contributed by atoms with E-state index in [1.807, 2.05) is 41.8 Å². The summed E-state index contributed by atoms with van der Waals surface area (Å²) in [5.74, 6) is 0.226. The molecule has 0 N–H and O–H groups in total. The predicted molar refractivity (Wildman–Crippen MR) is 120 cm³/mol. The van der Waals surface area contributed by atoms with Crippen LogP contribution in [0.1, 0.15) is 5.56 Å². The highest BCUT2D eigenvalue weighted by Gasteiger charge is 2.13. The van der Waals surface area contributed by atoms with Crippen molar-refractivity contribution in [2.45, 2.75) is 6.61 Å². The molecule has 0 aliphatic rings. The summed E-state index contributed by atoms with van der Waals surface area (Å²) in [5.41, 5.74) is 2.92. The standard InChI is InChI=1S/C25H16FNO3S/c26-19-8-4-5-16(11-19)14-29-20-10-9-18-12-21(25(28)30-23(18)13-20)24-27-22(15-31-24)17-6-2-1-3-7-17/h1-13,15H,14H2. The molecule has 0 spiro atoms. The smallest absolute Gasteiger partial charge is 0.346 e. The molecule has 0 bridgehead atoms. The monoisotopic (exact) mass is 429 g/mol. The highest BCUT2D eigenvalue weighted by atomic mass is 32.1. The Morgan fingerprint density at radius 3 is 2.68 bits per heavy atom. The second-order valence-corrected chi connectivity index (χ2v) is 7.83. The minimum atomic E-state index is -0.455. The van der Waals surface area contributed by atoms with Crippen molar-refractivity contribution in [3.05, 3.63) is 106 Å². The van der Waals surface area contributed by atoms with Crippen LogP contribution in [-0.2, 0) is 6.61 Å². The average molecular weight is 429 g/mol. The fraction of sp³-hybridized carbons (Fsp3) is 0.0400. The molecule has 6 heteroatoms. The van der Waals surface area contributed by atoms with E-state index in [0.717, 1.165) is 22.2 Å². The van der Waals surface area contributed by atoms with Crippen LogP contribution in [0.15, 0.2) is 93.5 Å². The van der Waals surface area contributed by atoms with E-state index in [2.05, 4.69) is 4.98 Å². The number of fused-ring (bicyclic) bond motifs is 1. The number of hydrogen-bond donors (Lipinski definition) is 0. The molecule has 0 amide bonds. The minimum Gasteiger partial charge on any atom is -0.489 e. The Kier molecular flexibility index (Phi) is 5.06. The largest absolute Gasteiger partial charge is 0.489 e. The van der Waals surface area contributed by atoms with Crippen LogP contribution in [0.5, 0.6) is 5.75 Å². The number of rotatable bonds is 5. The highest BCUT2D eigenvalue weighted by molar-refractivity contribution is 7.13. The number of aromatic nitrogens is 1. The van der Waals surface area contributed by atoms with E-state index >= 15 is 0 Å². The van der Waals surface area contributed by atoms with Gasteiger partial charge in [0.25, 0.3) is 0 Å². The zero-order chi connectivity index (χ0) is 21.2. The van der Waals surface area contributed by atoms with E-state index in [0.29, 0.717) is 21.9 Å². The van der Waals surface area contributed by atoms with Gasteiger partial charge in [-0.3, -0.25) is 0 Å². The van der Waals surface area contributed by atoms with Crippen molar-refractivity contribution < 1.29 is 13.5 Å². The van der Waals surface area contributed by atoms with Crippen LogP contribution in [0, 0.1) is 5.82 Å². The molecule has 0 saturated carbocycles. The zero-order valence-electron chi connectivity index (χ0n) is 16.2. The lowest BCUT2D eigenvalue weighted by atomic mass is 10.1. The maximum atomic E-state index is 13.3. The quantitative estimate of drug-likeness (QED) is 0.308. The third kappa shape index (κ3) is 4.11. The van der Waals surface area contributed by atoms with Crippen LogP contribution in [0.3, 0.4) is 0 Å². The second kappa shape index (κ2) is 8.16. The van der Waals surface area contributed by atoms with E-state index in [4.69, 9.17) is 9.15 Å². The summed E-state index contributed by atoms with van der Waals surface area (Å²) in [6.07, 6.45) is 0. The Hall–Kier alpha value is -3.77. The van der Waals surface area contributed by atoms with Gasteiger partial charge in [0.05, 0.1) is 11.3 Å². The number of ether oxygens (including phenoxy) is 1. The Balaban J connectivity index is 1.42. The van der Waals surface area contributed by atoms with Gasteiger partial charge in [0.2, 0.25) is 0 Å². The van der Waals surface area contributed by atoms with Crippen molar-refractivity contribution in [3.63, 3.8) is 0 Å². The molecule has 0 aliphatic carbocycles. The molecule has 0 unspecified atom stereocenters. The summed E-state index contributed by atoms with van der Waals surface area (Å²) in [6.45, 7) is 0.215. The normalized spacial score (nSPS) is 11.0. The molecule has 0 radical (unpaired) electrons. The molecular formula is C25H16FNO3S. The van der Waals surface area contributed by atoms with Gasteiger partial charge >= 0.3 is 5.63 Å². The molecule has 0 atom stereocenters. The molecule has 5 rings (SSSR count). The molecule has 5 aromatic rings. The fourth-order valence-corrected chi connectivity index (χ4v) is 4.10. The molecule has 2 aromatic heterocycles. The Morgan fingerprint density at radius 2 is 1.84 bits per heavy atom.